The Balaban J connectivity index is 0.000000890. The Morgan fingerprint density at radius 1 is 1.20 bits per heavy atom. The van der Waals surface area contributed by atoms with Crippen molar-refractivity contribution in [3.05, 3.63) is 41.7 Å². The predicted octanol–water partition coefficient (Wildman–Crippen LogP) is -0.0213. The fraction of sp³-hybridized carbons (Fsp3) is 0.476. The first-order valence-corrected chi connectivity index (χ1v) is 9.34. The third-order valence-corrected chi connectivity index (χ3v) is 3.37. The van der Waals surface area contributed by atoms with Crippen molar-refractivity contribution >= 4 is 17.7 Å². The Labute approximate surface area is 175 Å². The Kier molecular flexibility index (Phi) is 12.2. The molecule has 0 saturated heterocycles. The molecule has 8 nitrogen and oxygen atoms in total. The highest BCUT2D eigenvalue weighted by Gasteiger charge is 2.16. The molecule has 0 aliphatic carbocycles. The molecule has 0 aliphatic heterocycles. The molecule has 0 amide bonds. The van der Waals surface area contributed by atoms with Gasteiger partial charge in [-0.25, -0.2) is 4.39 Å². The molecule has 1 rings (SSSR count). The zero-order valence-electron chi connectivity index (χ0n) is 17.6. The predicted molar refractivity (Wildman–Crippen MR) is 104 cm³/mol. The first-order valence-electron chi connectivity index (χ1n) is 9.34. The van der Waals surface area contributed by atoms with E-state index in [4.69, 9.17) is 4.74 Å². The molecule has 0 saturated carbocycles. The van der Waals surface area contributed by atoms with E-state index in [-0.39, 0.29) is 23.5 Å². The van der Waals surface area contributed by atoms with E-state index in [2.05, 4.69) is 5.32 Å². The van der Waals surface area contributed by atoms with Crippen LogP contribution >= 0.6 is 0 Å². The van der Waals surface area contributed by atoms with E-state index in [9.17, 15) is 34.1 Å². The number of ether oxygens (including phenoxy) is 1. The standard InChI is InChI=1S/C17H26FNO3.C4H4O4/c1-5-6-15(21)14-9-12(18)7-8-16(14)22-11-13(20)10-19-17(2,3)4;5-3(6)1-2-4(7)8/h7-9,13,19-20H,5-6,10-11H2,1-4H3;1-2H,(H,5,6)(H,7,8)/p-2. The highest BCUT2D eigenvalue weighted by Crippen LogP contribution is 2.22. The number of aliphatic hydroxyl groups is 1. The summed E-state index contributed by atoms with van der Waals surface area (Å²) >= 11 is 0. The molecule has 1 atom stereocenters. The van der Waals surface area contributed by atoms with Gasteiger partial charge in [-0.2, -0.15) is 0 Å². The van der Waals surface area contributed by atoms with Gasteiger partial charge < -0.3 is 35.0 Å². The molecule has 1 aromatic carbocycles. The lowest BCUT2D eigenvalue weighted by Crippen LogP contribution is -2.42. The second-order valence-electron chi connectivity index (χ2n) is 7.38. The average Bonchev–Trinajstić information content (AvgIpc) is 2.63. The van der Waals surface area contributed by atoms with E-state index in [1.54, 1.807) is 0 Å². The normalized spacial score (nSPS) is 12.1. The van der Waals surface area contributed by atoms with E-state index < -0.39 is 23.9 Å². The van der Waals surface area contributed by atoms with Gasteiger partial charge in [0.2, 0.25) is 0 Å². The van der Waals surface area contributed by atoms with E-state index >= 15 is 0 Å². The number of hydrogen-bond acceptors (Lipinski definition) is 8. The minimum atomic E-state index is -1.55. The Bertz CT molecular complexity index is 725. The number of carboxylic acid groups (broad SMARTS) is 2. The van der Waals surface area contributed by atoms with Crippen molar-refractivity contribution < 1.29 is 38.8 Å². The molecular weight excluding hydrogens is 397 g/mol. The van der Waals surface area contributed by atoms with Crippen LogP contribution in [0.15, 0.2) is 30.4 Å². The van der Waals surface area contributed by atoms with Crippen LogP contribution in [0.5, 0.6) is 5.75 Å². The fourth-order valence-corrected chi connectivity index (χ4v) is 2.01. The molecule has 0 spiro atoms. The summed E-state index contributed by atoms with van der Waals surface area (Å²) in [6.45, 7) is 8.32. The van der Waals surface area contributed by atoms with Crippen molar-refractivity contribution in [2.75, 3.05) is 13.2 Å². The number of carbonyl (C=O) groups excluding carboxylic acids is 3. The number of nitrogens with one attached hydrogen (secondary N) is 1. The quantitative estimate of drug-likeness (QED) is 0.394. The van der Waals surface area contributed by atoms with Gasteiger partial charge in [0.05, 0.1) is 17.5 Å². The molecule has 9 heteroatoms. The van der Waals surface area contributed by atoms with Crippen LogP contribution in [-0.4, -0.2) is 47.6 Å². The molecule has 0 bridgehead atoms. The van der Waals surface area contributed by atoms with Crippen molar-refractivity contribution in [3.63, 3.8) is 0 Å². The summed E-state index contributed by atoms with van der Waals surface area (Å²) < 4.78 is 18.8. The van der Waals surface area contributed by atoms with Crippen LogP contribution in [0.1, 0.15) is 50.9 Å². The molecule has 1 aromatic rings. The van der Waals surface area contributed by atoms with Crippen molar-refractivity contribution in [2.24, 2.45) is 0 Å². The molecule has 0 aliphatic rings. The van der Waals surface area contributed by atoms with Crippen LogP contribution in [0.3, 0.4) is 0 Å². The molecule has 0 heterocycles. The van der Waals surface area contributed by atoms with Gasteiger partial charge in [0.15, 0.2) is 5.78 Å². The third-order valence-electron chi connectivity index (χ3n) is 3.37. The number of benzene rings is 1. The Morgan fingerprint density at radius 2 is 1.77 bits per heavy atom. The smallest absolute Gasteiger partial charge is 0.166 e. The number of aliphatic carboxylic acids is 2. The van der Waals surface area contributed by atoms with Gasteiger partial charge in [-0.15, -0.1) is 0 Å². The second kappa shape index (κ2) is 13.4. The maximum Gasteiger partial charge on any atom is 0.166 e. The minimum absolute atomic E-state index is 0.0428. The van der Waals surface area contributed by atoms with Gasteiger partial charge in [-0.3, -0.25) is 4.79 Å². The van der Waals surface area contributed by atoms with Gasteiger partial charge in [0.1, 0.15) is 24.3 Å². The summed E-state index contributed by atoms with van der Waals surface area (Å²) in [7, 11) is 0. The Hall–Kier alpha value is -2.78. The molecule has 0 radical (unpaired) electrons. The number of ketones is 1. The third kappa shape index (κ3) is 13.4. The highest BCUT2D eigenvalue weighted by atomic mass is 19.1. The zero-order chi connectivity index (χ0) is 23.3. The second-order valence-corrected chi connectivity index (χ2v) is 7.38. The van der Waals surface area contributed by atoms with Crippen molar-refractivity contribution in [1.29, 1.82) is 0 Å². The number of Topliss-reactive ketones (excluding diaryl/α,β-unsaturated/α-hetero) is 1. The molecule has 0 fully saturated rings. The van der Waals surface area contributed by atoms with Gasteiger partial charge in [-0.1, -0.05) is 6.92 Å². The largest absolute Gasteiger partial charge is 0.545 e. The first-order chi connectivity index (χ1) is 13.9. The van der Waals surface area contributed by atoms with Gasteiger partial charge >= 0.3 is 0 Å². The van der Waals surface area contributed by atoms with Gasteiger partial charge in [0.25, 0.3) is 0 Å². The molecule has 1 unspecified atom stereocenters. The number of halogens is 1. The van der Waals surface area contributed by atoms with Crippen LogP contribution in [0.2, 0.25) is 0 Å². The number of β-amino-alcohol motifs (C(OH)–C–C–N with tert-alkyl or cyclic N) is 1. The number of hydrogen-bond donors (Lipinski definition) is 2. The molecule has 2 N–H and O–H groups in total. The SMILES string of the molecule is CCCC(=O)c1cc(F)ccc1OCC(O)CNC(C)(C)C.O=C([O-])C=CC(=O)[O-]. The summed E-state index contributed by atoms with van der Waals surface area (Å²) in [5, 5.41) is 31.9. The van der Waals surface area contributed by atoms with E-state index in [0.717, 1.165) is 0 Å². The van der Waals surface area contributed by atoms with Crippen LogP contribution in [0.25, 0.3) is 0 Å². The highest BCUT2D eigenvalue weighted by molar-refractivity contribution is 5.98. The van der Waals surface area contributed by atoms with E-state index in [1.807, 2.05) is 27.7 Å². The monoisotopic (exact) mass is 425 g/mol. The van der Waals surface area contributed by atoms with Crippen molar-refractivity contribution in [2.45, 2.75) is 52.2 Å². The van der Waals surface area contributed by atoms with Gasteiger partial charge in [0, 0.05) is 18.5 Å². The lowest BCUT2D eigenvalue weighted by atomic mass is 10.1. The number of carboxylic acids is 2. The van der Waals surface area contributed by atoms with E-state index in [1.165, 1.54) is 18.2 Å². The summed E-state index contributed by atoms with van der Waals surface area (Å²) in [6, 6.07) is 3.87. The zero-order valence-corrected chi connectivity index (χ0v) is 17.6. The first kappa shape index (κ1) is 27.2. The minimum Gasteiger partial charge on any atom is -0.545 e. The average molecular weight is 425 g/mol. The lowest BCUT2D eigenvalue weighted by molar-refractivity contribution is -0.301. The van der Waals surface area contributed by atoms with Crippen LogP contribution < -0.4 is 20.3 Å². The molecular formula is C21H28FNO7-2. The van der Waals surface area contributed by atoms with E-state index in [0.29, 0.717) is 37.3 Å². The van der Waals surface area contributed by atoms with Crippen molar-refractivity contribution in [1.82, 2.24) is 5.32 Å². The summed E-state index contributed by atoms with van der Waals surface area (Å²) in [5.41, 5.74) is 0.136. The summed E-state index contributed by atoms with van der Waals surface area (Å²) in [5.74, 6) is -3.40. The van der Waals surface area contributed by atoms with Crippen LogP contribution in [0.4, 0.5) is 4.39 Å². The lowest BCUT2D eigenvalue weighted by Gasteiger charge is -2.23. The van der Waals surface area contributed by atoms with Crippen LogP contribution in [0, 0.1) is 5.82 Å². The topological polar surface area (TPSA) is 139 Å². The molecule has 168 valence electrons. The molecule has 30 heavy (non-hydrogen) atoms. The van der Waals surface area contributed by atoms with Crippen LogP contribution in [-0.2, 0) is 9.59 Å². The summed E-state index contributed by atoms with van der Waals surface area (Å²) in [4.78, 5) is 30.8. The van der Waals surface area contributed by atoms with Crippen molar-refractivity contribution in [3.8, 4) is 5.75 Å². The molecule has 0 aromatic heterocycles. The maximum absolute atomic E-state index is 13.3. The fourth-order valence-electron chi connectivity index (χ4n) is 2.01. The number of aliphatic hydroxyl groups excluding tert-OH is 1. The maximum atomic E-state index is 13.3. The summed E-state index contributed by atoms with van der Waals surface area (Å²) in [6.07, 6.45) is 1.09. The Morgan fingerprint density at radius 3 is 2.23 bits per heavy atom. The number of carbonyl (C=O) groups is 3. The number of rotatable bonds is 10. The van der Waals surface area contributed by atoms with Gasteiger partial charge in [-0.05, 0) is 57.5 Å².